The number of hydrogen-bond donors (Lipinski definition) is 6. The Balaban J connectivity index is 1.56. The second-order valence-electron chi connectivity index (χ2n) is 6.78. The number of aliphatic carboxylic acids is 1. The van der Waals surface area contributed by atoms with Crippen LogP contribution in [0.4, 0.5) is 5.82 Å². The van der Waals surface area contributed by atoms with Gasteiger partial charge in [-0.2, -0.15) is 0 Å². The number of nitrogens with one attached hydrogen (secondary N) is 2. The molecule has 1 aliphatic rings. The van der Waals surface area contributed by atoms with E-state index in [4.69, 9.17) is 16.2 Å². The number of nitrogens with two attached hydrogens (primary N) is 2. The molecule has 0 aromatic carbocycles. The molecule has 0 unspecified atom stereocenters. The minimum Gasteiger partial charge on any atom is -0.479 e. The van der Waals surface area contributed by atoms with Crippen LogP contribution >= 0.6 is 0 Å². The van der Waals surface area contributed by atoms with Gasteiger partial charge in [0.25, 0.3) is 0 Å². The molecule has 5 atom stereocenters. The maximum Gasteiger partial charge on any atom is 0.335 e. The van der Waals surface area contributed by atoms with Gasteiger partial charge in [0.2, 0.25) is 5.91 Å². The monoisotopic (exact) mass is 417 g/mol. The van der Waals surface area contributed by atoms with Gasteiger partial charge in [0, 0.05) is 18.3 Å². The number of rotatable bonds is 6. The highest BCUT2D eigenvalue weighted by Gasteiger charge is 2.49. The van der Waals surface area contributed by atoms with Gasteiger partial charge in [0.15, 0.2) is 23.8 Å². The second kappa shape index (κ2) is 7.66. The summed E-state index contributed by atoms with van der Waals surface area (Å²) in [6.07, 6.45) is 1.50. The van der Waals surface area contributed by atoms with E-state index in [1.54, 1.807) is 0 Å². The highest BCUT2D eigenvalue weighted by molar-refractivity contribution is 5.84. The molecule has 1 saturated heterocycles. The number of amides is 1. The van der Waals surface area contributed by atoms with Gasteiger partial charge in [-0.15, -0.1) is 0 Å². The van der Waals surface area contributed by atoms with Crippen LogP contribution in [0.15, 0.2) is 25.2 Å². The molecule has 3 aromatic rings. The molecule has 14 nitrogen and oxygen atoms in total. The van der Waals surface area contributed by atoms with E-state index in [-0.39, 0.29) is 23.4 Å². The highest BCUT2D eigenvalue weighted by Crippen LogP contribution is 2.32. The van der Waals surface area contributed by atoms with Crippen LogP contribution in [0.1, 0.15) is 11.9 Å². The third kappa shape index (κ3) is 3.42. The zero-order valence-corrected chi connectivity index (χ0v) is 15.4. The zero-order chi connectivity index (χ0) is 21.4. The van der Waals surface area contributed by atoms with Crippen LogP contribution in [0.5, 0.6) is 0 Å². The normalized spacial score (nSPS) is 24.7. The molecule has 0 aliphatic carbocycles. The van der Waals surface area contributed by atoms with E-state index >= 15 is 0 Å². The molecule has 30 heavy (non-hydrogen) atoms. The van der Waals surface area contributed by atoms with E-state index in [1.165, 1.54) is 29.7 Å². The van der Waals surface area contributed by atoms with Crippen LogP contribution in [-0.4, -0.2) is 75.9 Å². The molecule has 1 fully saturated rings. The van der Waals surface area contributed by atoms with Crippen LogP contribution < -0.4 is 16.8 Å². The van der Waals surface area contributed by atoms with Crippen LogP contribution in [-0.2, 0) is 20.7 Å². The smallest absolute Gasteiger partial charge is 0.335 e. The van der Waals surface area contributed by atoms with Crippen molar-refractivity contribution in [1.82, 2.24) is 34.8 Å². The fraction of sp³-hybridized carbons (Fsp3) is 0.375. The Bertz CT molecular complexity index is 1070. The van der Waals surface area contributed by atoms with Crippen molar-refractivity contribution in [2.45, 2.75) is 36.9 Å². The van der Waals surface area contributed by atoms with Crippen LogP contribution in [0.25, 0.3) is 11.2 Å². The molecule has 8 N–H and O–H groups in total. The summed E-state index contributed by atoms with van der Waals surface area (Å²) in [5, 5.41) is 22.8. The molecule has 14 heteroatoms. The number of aliphatic hydroxyl groups excluding tert-OH is 1. The summed E-state index contributed by atoms with van der Waals surface area (Å²) in [6, 6.07) is -2.25. The van der Waals surface area contributed by atoms with Crippen LogP contribution in [0, 0.1) is 0 Å². The topological polar surface area (TPSA) is 220 Å². The number of hydrogen-bond acceptors (Lipinski definition) is 10. The lowest BCUT2D eigenvalue weighted by molar-refractivity contribution is -0.152. The molecule has 158 valence electrons. The van der Waals surface area contributed by atoms with Crippen molar-refractivity contribution in [3.8, 4) is 0 Å². The average Bonchev–Trinajstić information content (AvgIpc) is 3.43. The standard InChI is InChI=1S/C16H19N9O5/c17-7(1-6-2-19-3-20-6)14(27)24-8-10(26)15(30-11(8)16(28)29)25-5-23-9-12(18)21-4-22-13(9)25/h2-5,7-8,10-11,15,26H,1,17H2,(H,19,20)(H,24,27)(H,28,29)(H2,18,21,22)/t7-,8-,10+,11-,15+/m0/s1. The Hall–Kier alpha value is -3.62. The Labute approximate surface area is 168 Å². The van der Waals surface area contributed by atoms with Crippen molar-refractivity contribution in [2.75, 3.05) is 5.73 Å². The molecule has 0 bridgehead atoms. The first-order chi connectivity index (χ1) is 14.4. The number of H-pyrrole nitrogens is 1. The molecule has 0 saturated carbocycles. The highest BCUT2D eigenvalue weighted by atomic mass is 16.6. The van der Waals surface area contributed by atoms with Crippen molar-refractivity contribution in [1.29, 1.82) is 0 Å². The third-order valence-corrected chi connectivity index (χ3v) is 4.82. The summed E-state index contributed by atoms with van der Waals surface area (Å²) in [6.45, 7) is 0. The van der Waals surface area contributed by atoms with Gasteiger partial charge in [0.05, 0.1) is 24.7 Å². The third-order valence-electron chi connectivity index (χ3n) is 4.82. The first-order valence-electron chi connectivity index (χ1n) is 8.89. The van der Waals surface area contributed by atoms with Gasteiger partial charge in [-0.1, -0.05) is 0 Å². The number of anilines is 1. The Kier molecular flexibility index (Phi) is 5.03. The van der Waals surface area contributed by atoms with E-state index < -0.39 is 42.4 Å². The van der Waals surface area contributed by atoms with E-state index in [9.17, 15) is 19.8 Å². The SMILES string of the molecule is Nc1ncnc2c1ncn2[C@@H]1O[C@H](C(=O)O)[C@@H](NC(=O)[C@@H](N)Cc2cnc[nH]2)[C@H]1O. The first-order valence-corrected chi connectivity index (χ1v) is 8.89. The van der Waals surface area contributed by atoms with Gasteiger partial charge in [-0.25, -0.2) is 24.7 Å². The van der Waals surface area contributed by atoms with Gasteiger partial charge in [0.1, 0.15) is 17.9 Å². The van der Waals surface area contributed by atoms with E-state index in [0.29, 0.717) is 5.69 Å². The number of carbonyl (C=O) groups excluding carboxylic acids is 1. The zero-order valence-electron chi connectivity index (χ0n) is 15.4. The predicted molar refractivity (Wildman–Crippen MR) is 99.5 cm³/mol. The lowest BCUT2D eigenvalue weighted by atomic mass is 10.1. The summed E-state index contributed by atoms with van der Waals surface area (Å²) in [5.74, 6) is -1.88. The average molecular weight is 417 g/mol. The van der Waals surface area contributed by atoms with Crippen molar-refractivity contribution in [3.63, 3.8) is 0 Å². The number of aromatic amines is 1. The number of carbonyl (C=O) groups is 2. The summed E-state index contributed by atoms with van der Waals surface area (Å²) in [7, 11) is 0. The molecular weight excluding hydrogens is 398 g/mol. The fourth-order valence-corrected chi connectivity index (χ4v) is 3.33. The van der Waals surface area contributed by atoms with Gasteiger partial charge >= 0.3 is 5.97 Å². The predicted octanol–water partition coefficient (Wildman–Crippen LogP) is -2.47. The largest absolute Gasteiger partial charge is 0.479 e. The lowest BCUT2D eigenvalue weighted by Crippen LogP contribution is -2.54. The Morgan fingerprint density at radius 1 is 1.37 bits per heavy atom. The van der Waals surface area contributed by atoms with E-state index in [2.05, 4.69) is 30.2 Å². The van der Waals surface area contributed by atoms with Crippen molar-refractivity contribution in [3.05, 3.63) is 30.9 Å². The number of nitrogens with zero attached hydrogens (tertiary/aromatic N) is 5. The number of aliphatic hydroxyl groups is 1. The number of aromatic nitrogens is 6. The first kappa shape index (κ1) is 19.7. The number of imidazole rings is 2. The summed E-state index contributed by atoms with van der Waals surface area (Å²) in [4.78, 5) is 42.8. The number of nitrogen functional groups attached to an aromatic ring is 1. The minimum atomic E-state index is -1.52. The summed E-state index contributed by atoms with van der Waals surface area (Å²) >= 11 is 0. The number of carboxylic acid groups (broad SMARTS) is 1. The Morgan fingerprint density at radius 3 is 2.87 bits per heavy atom. The fourth-order valence-electron chi connectivity index (χ4n) is 3.33. The second-order valence-corrected chi connectivity index (χ2v) is 6.78. The maximum atomic E-state index is 12.5. The summed E-state index contributed by atoms with van der Waals surface area (Å²) in [5.41, 5.74) is 12.8. The molecular formula is C16H19N9O5. The molecule has 3 aromatic heterocycles. The van der Waals surface area contributed by atoms with Gasteiger partial charge < -0.3 is 36.7 Å². The summed E-state index contributed by atoms with van der Waals surface area (Å²) < 4.78 is 6.87. The lowest BCUT2D eigenvalue weighted by Gasteiger charge is -2.22. The van der Waals surface area contributed by atoms with Crippen LogP contribution in [0.2, 0.25) is 0 Å². The van der Waals surface area contributed by atoms with Crippen LogP contribution in [0.3, 0.4) is 0 Å². The van der Waals surface area contributed by atoms with Crippen molar-refractivity contribution >= 4 is 28.9 Å². The molecule has 0 radical (unpaired) electrons. The minimum absolute atomic E-state index is 0.121. The van der Waals surface area contributed by atoms with E-state index in [0.717, 1.165) is 0 Å². The molecule has 4 heterocycles. The van der Waals surface area contributed by atoms with E-state index in [1.807, 2.05) is 0 Å². The van der Waals surface area contributed by atoms with Crippen molar-refractivity contribution in [2.24, 2.45) is 5.73 Å². The molecule has 4 rings (SSSR count). The van der Waals surface area contributed by atoms with Gasteiger partial charge in [-0.05, 0) is 0 Å². The molecule has 0 spiro atoms. The van der Waals surface area contributed by atoms with Gasteiger partial charge in [-0.3, -0.25) is 9.36 Å². The quantitative estimate of drug-likeness (QED) is 0.246. The Morgan fingerprint density at radius 2 is 2.17 bits per heavy atom. The number of ether oxygens (including phenoxy) is 1. The molecule has 1 amide bonds. The van der Waals surface area contributed by atoms with Crippen molar-refractivity contribution < 1.29 is 24.5 Å². The number of carboxylic acids is 1. The number of fused-ring (bicyclic) bond motifs is 1. The molecule has 1 aliphatic heterocycles. The maximum absolute atomic E-state index is 12.5.